The Bertz CT molecular complexity index is 1160. The summed E-state index contributed by atoms with van der Waals surface area (Å²) in [5, 5.41) is 2.91. The van der Waals surface area contributed by atoms with Crippen molar-refractivity contribution in [2.45, 2.75) is 18.4 Å². The molecule has 1 aliphatic rings. The average molecular weight is 474 g/mol. The van der Waals surface area contributed by atoms with Gasteiger partial charge >= 0.3 is 0 Å². The van der Waals surface area contributed by atoms with E-state index in [1.54, 1.807) is 37.4 Å². The largest absolute Gasteiger partial charge is 0.397 e. The van der Waals surface area contributed by atoms with Gasteiger partial charge in [-0.3, -0.25) is 9.59 Å². The molecule has 0 aliphatic carbocycles. The minimum Gasteiger partial charge on any atom is -0.397 e. The van der Waals surface area contributed by atoms with Gasteiger partial charge in [0.1, 0.15) is 5.82 Å². The molecule has 4 rings (SSSR count). The second kappa shape index (κ2) is 10.6. The minimum atomic E-state index is -0.347. The van der Waals surface area contributed by atoms with Crippen LogP contribution in [0.15, 0.2) is 66.9 Å². The van der Waals surface area contributed by atoms with Crippen LogP contribution >= 0.6 is 0 Å². The third kappa shape index (κ3) is 5.60. The van der Waals surface area contributed by atoms with E-state index in [2.05, 4.69) is 15.2 Å². The van der Waals surface area contributed by atoms with E-state index in [4.69, 9.17) is 10.5 Å². The first-order valence-corrected chi connectivity index (χ1v) is 11.6. The number of amides is 2. The van der Waals surface area contributed by atoms with Crippen LogP contribution in [0.2, 0.25) is 0 Å². The highest BCUT2D eigenvalue weighted by Crippen LogP contribution is 2.30. The van der Waals surface area contributed by atoms with E-state index in [1.165, 1.54) is 0 Å². The van der Waals surface area contributed by atoms with E-state index in [1.807, 2.05) is 48.5 Å². The summed E-state index contributed by atoms with van der Waals surface area (Å²) in [4.78, 5) is 32.2. The highest BCUT2D eigenvalue weighted by Gasteiger charge is 2.36. The van der Waals surface area contributed by atoms with Crippen LogP contribution in [-0.4, -0.2) is 61.6 Å². The highest BCUT2D eigenvalue weighted by molar-refractivity contribution is 6.06. The van der Waals surface area contributed by atoms with Gasteiger partial charge in [0.2, 0.25) is 6.41 Å². The number of piperidine rings is 1. The molecule has 0 spiro atoms. The minimum absolute atomic E-state index is 0.269. The molecule has 1 aromatic heterocycles. The molecule has 8 heteroatoms. The van der Waals surface area contributed by atoms with E-state index < -0.39 is 0 Å². The first-order valence-electron chi connectivity index (χ1n) is 11.6. The van der Waals surface area contributed by atoms with E-state index >= 15 is 0 Å². The Labute approximate surface area is 205 Å². The molecule has 2 heterocycles. The molecule has 0 saturated carbocycles. The maximum absolute atomic E-state index is 12.9. The number of nitrogens with zero attached hydrogens (tertiary/aromatic N) is 3. The van der Waals surface area contributed by atoms with Crippen LogP contribution in [0.1, 0.15) is 23.2 Å². The number of nitrogens with one attached hydrogen (secondary N) is 1. The first-order chi connectivity index (χ1) is 16.9. The van der Waals surface area contributed by atoms with Gasteiger partial charge in [0, 0.05) is 40.0 Å². The molecule has 3 N–H and O–H groups in total. The zero-order valence-corrected chi connectivity index (χ0v) is 20.1. The number of hydrogen-bond acceptors (Lipinski definition) is 6. The lowest BCUT2D eigenvalue weighted by molar-refractivity contribution is -0.122. The quantitative estimate of drug-likeness (QED) is 0.383. The lowest BCUT2D eigenvalue weighted by atomic mass is 9.90. The number of ether oxygens (including phenoxy) is 1. The fourth-order valence-corrected chi connectivity index (χ4v) is 4.44. The average Bonchev–Trinajstić information content (AvgIpc) is 2.91. The van der Waals surface area contributed by atoms with E-state index in [9.17, 15) is 9.59 Å². The Kier molecular flexibility index (Phi) is 7.31. The fourth-order valence-electron chi connectivity index (χ4n) is 4.44. The molecule has 2 aromatic carbocycles. The molecule has 1 aliphatic heterocycles. The molecule has 1 saturated heterocycles. The highest BCUT2D eigenvalue weighted by atomic mass is 16.5. The first kappa shape index (κ1) is 24.2. The van der Waals surface area contributed by atoms with Crippen LogP contribution < -0.4 is 16.0 Å². The summed E-state index contributed by atoms with van der Waals surface area (Å²) in [6.07, 6.45) is 3.97. The Morgan fingerprint density at radius 2 is 1.89 bits per heavy atom. The summed E-state index contributed by atoms with van der Waals surface area (Å²) in [5.74, 6) is 0.537. The van der Waals surface area contributed by atoms with E-state index in [-0.39, 0.29) is 11.5 Å². The van der Waals surface area contributed by atoms with Gasteiger partial charge in [0.15, 0.2) is 0 Å². The molecule has 35 heavy (non-hydrogen) atoms. The Hall–Kier alpha value is -3.91. The van der Waals surface area contributed by atoms with Crippen molar-refractivity contribution in [2.24, 2.45) is 0 Å². The number of nitrogens with two attached hydrogens (primary N) is 1. The summed E-state index contributed by atoms with van der Waals surface area (Å²) in [6, 6.07) is 19.2. The second-order valence-corrected chi connectivity index (χ2v) is 8.92. The lowest BCUT2D eigenvalue weighted by Gasteiger charge is -2.42. The normalized spacial score (nSPS) is 14.9. The van der Waals surface area contributed by atoms with Gasteiger partial charge in [-0.05, 0) is 48.2 Å². The van der Waals surface area contributed by atoms with E-state index in [0.717, 1.165) is 49.3 Å². The zero-order valence-electron chi connectivity index (χ0n) is 20.1. The standard InChI is InChI=1S/C27H31N5O3/c1-31(19-33)18-27(35-2)12-14-32(15-13-27)25-11-9-22(17-29-25)26(34)30-24-16-21(8-10-23(24)28)20-6-4-3-5-7-20/h3-11,16-17,19H,12-15,18,28H2,1-2H3,(H,30,34). The second-order valence-electron chi connectivity index (χ2n) is 8.92. The van der Waals surface area contributed by atoms with Crippen molar-refractivity contribution in [3.63, 3.8) is 0 Å². The van der Waals surface area contributed by atoms with Gasteiger partial charge in [0.05, 0.1) is 22.5 Å². The molecular formula is C27H31N5O3. The molecule has 0 atom stereocenters. The van der Waals surface area contributed by atoms with Crippen LogP contribution in [-0.2, 0) is 9.53 Å². The van der Waals surface area contributed by atoms with Gasteiger partial charge in [-0.15, -0.1) is 0 Å². The predicted molar refractivity (Wildman–Crippen MR) is 138 cm³/mol. The summed E-state index contributed by atoms with van der Waals surface area (Å²) >= 11 is 0. The van der Waals surface area contributed by atoms with Crippen molar-refractivity contribution < 1.29 is 14.3 Å². The number of aromatic nitrogens is 1. The van der Waals surface area contributed by atoms with Crippen molar-refractivity contribution in [2.75, 3.05) is 49.7 Å². The van der Waals surface area contributed by atoms with Gasteiger partial charge < -0.3 is 25.6 Å². The summed E-state index contributed by atoms with van der Waals surface area (Å²) in [7, 11) is 3.46. The predicted octanol–water partition coefficient (Wildman–Crippen LogP) is 3.66. The van der Waals surface area contributed by atoms with Crippen LogP contribution in [0, 0.1) is 0 Å². The van der Waals surface area contributed by atoms with Gasteiger partial charge in [-0.2, -0.15) is 0 Å². The summed E-state index contributed by atoms with van der Waals surface area (Å²) < 4.78 is 5.78. The maximum Gasteiger partial charge on any atom is 0.257 e. The number of pyridine rings is 1. The molecule has 0 unspecified atom stereocenters. The molecule has 3 aromatic rings. The van der Waals surface area contributed by atoms with Gasteiger partial charge in [-0.1, -0.05) is 36.4 Å². The third-order valence-corrected chi connectivity index (χ3v) is 6.57. The monoisotopic (exact) mass is 473 g/mol. The SMILES string of the molecule is COC1(CN(C)C=O)CCN(c2ccc(C(=O)Nc3cc(-c4ccccc4)ccc3N)cn2)CC1. The third-order valence-electron chi connectivity index (χ3n) is 6.57. The molecule has 8 nitrogen and oxygen atoms in total. The molecule has 182 valence electrons. The summed E-state index contributed by atoms with van der Waals surface area (Å²) in [5.41, 5.74) is 9.30. The van der Waals surface area contributed by atoms with Crippen LogP contribution in [0.4, 0.5) is 17.2 Å². The van der Waals surface area contributed by atoms with Crippen LogP contribution in [0.5, 0.6) is 0 Å². The molecule has 0 bridgehead atoms. The number of carbonyl (C=O) groups is 2. The van der Waals surface area contributed by atoms with Crippen molar-refractivity contribution in [3.05, 3.63) is 72.4 Å². The number of hydrogen-bond donors (Lipinski definition) is 2. The zero-order chi connectivity index (χ0) is 24.8. The van der Waals surface area contributed by atoms with E-state index in [0.29, 0.717) is 23.5 Å². The molecule has 0 radical (unpaired) electrons. The maximum atomic E-state index is 12.9. The van der Waals surface area contributed by atoms with Crippen LogP contribution in [0.25, 0.3) is 11.1 Å². The number of carbonyl (C=O) groups excluding carboxylic acids is 2. The Balaban J connectivity index is 1.41. The topological polar surface area (TPSA) is 101 Å². The number of rotatable bonds is 8. The summed E-state index contributed by atoms with van der Waals surface area (Å²) in [6.45, 7) is 2.06. The Morgan fingerprint density at radius 3 is 2.51 bits per heavy atom. The lowest BCUT2D eigenvalue weighted by Crippen LogP contribution is -2.51. The molecule has 1 fully saturated rings. The fraction of sp³-hybridized carbons (Fsp3) is 0.296. The molecular weight excluding hydrogens is 442 g/mol. The molecule has 2 amide bonds. The number of likely N-dealkylation sites (N-methyl/N-ethyl adjacent to an activating group) is 1. The number of benzene rings is 2. The van der Waals surface area contributed by atoms with Crippen molar-refractivity contribution in [3.8, 4) is 11.1 Å². The number of nitrogen functional groups attached to an aromatic ring is 1. The number of methoxy groups -OCH3 is 1. The van der Waals surface area contributed by atoms with Crippen LogP contribution in [0.3, 0.4) is 0 Å². The van der Waals surface area contributed by atoms with Crippen molar-refractivity contribution >= 4 is 29.5 Å². The van der Waals surface area contributed by atoms with Gasteiger partial charge in [-0.25, -0.2) is 4.98 Å². The smallest absolute Gasteiger partial charge is 0.257 e. The Morgan fingerprint density at radius 1 is 1.14 bits per heavy atom. The van der Waals surface area contributed by atoms with Crippen molar-refractivity contribution in [1.29, 1.82) is 0 Å². The van der Waals surface area contributed by atoms with Gasteiger partial charge in [0.25, 0.3) is 5.91 Å². The number of anilines is 3. The van der Waals surface area contributed by atoms with Crippen molar-refractivity contribution in [1.82, 2.24) is 9.88 Å².